The molecule has 0 spiro atoms. The molecule has 1 aromatic heterocycles. The SMILES string of the molecule is C=CCCC[C@@H]1CCCC(C(F)(F)F)C1OC(=O)N[C@H](C(=O)N1C[C@H](Oc2nc3cc(OC)ccc3nc2Cl)[C@@H](CC)[C@H]1C(=O)OC(C)(C)C)C(C)(C)C. The van der Waals surface area contributed by atoms with Gasteiger partial charge in [0.25, 0.3) is 5.88 Å². The molecule has 1 aliphatic carbocycles. The molecule has 2 aliphatic rings. The van der Waals surface area contributed by atoms with E-state index in [1.165, 1.54) is 12.0 Å². The number of aromatic nitrogens is 2. The molecule has 7 atom stereocenters. The van der Waals surface area contributed by atoms with Crippen LogP contribution in [0.15, 0.2) is 30.9 Å². The zero-order chi connectivity index (χ0) is 40.2. The van der Waals surface area contributed by atoms with Crippen molar-refractivity contribution >= 4 is 40.6 Å². The lowest BCUT2D eigenvalue weighted by molar-refractivity contribution is -0.216. The monoisotopic (exact) mass is 782 g/mol. The summed E-state index contributed by atoms with van der Waals surface area (Å²) in [7, 11) is 1.52. The number of allylic oxidation sites excluding steroid dienone is 1. The predicted octanol–water partition coefficient (Wildman–Crippen LogP) is 8.46. The highest BCUT2D eigenvalue weighted by Crippen LogP contribution is 2.44. The molecule has 1 saturated heterocycles. The van der Waals surface area contributed by atoms with Gasteiger partial charge in [0, 0.05) is 12.0 Å². The topological polar surface area (TPSA) is 129 Å². The Labute approximate surface area is 320 Å². The molecule has 54 heavy (non-hydrogen) atoms. The highest BCUT2D eigenvalue weighted by atomic mass is 35.5. The number of nitrogens with one attached hydrogen (secondary N) is 1. The Morgan fingerprint density at radius 1 is 1.09 bits per heavy atom. The maximum atomic E-state index is 14.7. The van der Waals surface area contributed by atoms with E-state index in [1.54, 1.807) is 65.8 Å². The van der Waals surface area contributed by atoms with Crippen LogP contribution < -0.4 is 14.8 Å². The van der Waals surface area contributed by atoms with Gasteiger partial charge in [0.05, 0.1) is 30.6 Å². The number of alkyl carbamates (subject to hydrolysis) is 1. The summed E-state index contributed by atoms with van der Waals surface area (Å²) in [4.78, 5) is 52.5. The van der Waals surface area contributed by atoms with Gasteiger partial charge >= 0.3 is 18.2 Å². The van der Waals surface area contributed by atoms with Crippen LogP contribution >= 0.6 is 11.6 Å². The van der Waals surface area contributed by atoms with Gasteiger partial charge in [-0.1, -0.05) is 51.8 Å². The number of hydrogen-bond donors (Lipinski definition) is 1. The zero-order valence-corrected chi connectivity index (χ0v) is 33.2. The summed E-state index contributed by atoms with van der Waals surface area (Å²) in [6.45, 7) is 15.6. The van der Waals surface area contributed by atoms with Crippen LogP contribution in [0.4, 0.5) is 18.0 Å². The van der Waals surface area contributed by atoms with E-state index in [2.05, 4.69) is 21.9 Å². The molecule has 2 fully saturated rings. The summed E-state index contributed by atoms with van der Waals surface area (Å²) < 4.78 is 65.9. The number of likely N-dealkylation sites (tertiary alicyclic amines) is 1. The highest BCUT2D eigenvalue weighted by molar-refractivity contribution is 6.31. The van der Waals surface area contributed by atoms with E-state index in [-0.39, 0.29) is 24.0 Å². The quantitative estimate of drug-likeness (QED) is 0.128. The largest absolute Gasteiger partial charge is 0.497 e. The molecule has 1 saturated carbocycles. The molecule has 0 bridgehead atoms. The average molecular weight is 783 g/mol. The number of unbranched alkanes of at least 4 members (excludes halogenated alkanes) is 1. The van der Waals surface area contributed by atoms with E-state index in [1.807, 2.05) is 6.92 Å². The van der Waals surface area contributed by atoms with Gasteiger partial charge in [-0.15, -0.1) is 6.58 Å². The van der Waals surface area contributed by atoms with Gasteiger partial charge in [0.1, 0.15) is 35.6 Å². The van der Waals surface area contributed by atoms with Crippen LogP contribution in [0.25, 0.3) is 11.0 Å². The van der Waals surface area contributed by atoms with Crippen molar-refractivity contribution in [2.24, 2.45) is 23.2 Å². The van der Waals surface area contributed by atoms with E-state index >= 15 is 0 Å². The molecule has 2 amide bonds. The number of halogens is 4. The van der Waals surface area contributed by atoms with Crippen LogP contribution in [0.1, 0.15) is 93.4 Å². The van der Waals surface area contributed by atoms with Gasteiger partial charge in [-0.3, -0.25) is 4.79 Å². The number of amides is 2. The summed E-state index contributed by atoms with van der Waals surface area (Å²) in [5, 5.41) is 2.57. The maximum absolute atomic E-state index is 14.7. The Morgan fingerprint density at radius 3 is 2.39 bits per heavy atom. The van der Waals surface area contributed by atoms with E-state index in [9.17, 15) is 27.6 Å². The fourth-order valence-corrected chi connectivity index (χ4v) is 7.61. The molecule has 2 unspecified atom stereocenters. The molecule has 1 aromatic carbocycles. The van der Waals surface area contributed by atoms with Gasteiger partial charge in [-0.05, 0) is 82.8 Å². The minimum Gasteiger partial charge on any atom is -0.497 e. The van der Waals surface area contributed by atoms with Crippen molar-refractivity contribution in [1.29, 1.82) is 0 Å². The predicted molar refractivity (Wildman–Crippen MR) is 198 cm³/mol. The Bertz CT molecular complexity index is 1660. The molecule has 0 radical (unpaired) electrons. The fraction of sp³-hybridized carbons (Fsp3) is 0.667. The maximum Gasteiger partial charge on any atom is 0.408 e. The van der Waals surface area contributed by atoms with E-state index in [4.69, 9.17) is 30.5 Å². The van der Waals surface area contributed by atoms with Crippen molar-refractivity contribution in [3.63, 3.8) is 0 Å². The Balaban J connectivity index is 1.66. The van der Waals surface area contributed by atoms with E-state index in [0.29, 0.717) is 55.3 Å². The Hall–Kier alpha value is -3.81. The molecule has 4 rings (SSSR count). The third kappa shape index (κ3) is 10.5. The van der Waals surface area contributed by atoms with Crippen molar-refractivity contribution in [3.05, 3.63) is 36.0 Å². The number of nitrogens with zero attached hydrogens (tertiary/aromatic N) is 3. The summed E-state index contributed by atoms with van der Waals surface area (Å²) in [5.74, 6) is -3.76. The molecular formula is C39H54ClF3N4O7. The minimum atomic E-state index is -4.58. The molecular weight excluding hydrogens is 729 g/mol. The first-order valence-corrected chi connectivity index (χ1v) is 18.9. The van der Waals surface area contributed by atoms with Gasteiger partial charge in [0.15, 0.2) is 5.15 Å². The van der Waals surface area contributed by atoms with Crippen LogP contribution in [-0.2, 0) is 19.1 Å². The van der Waals surface area contributed by atoms with Crippen molar-refractivity contribution in [2.75, 3.05) is 13.7 Å². The lowest BCUT2D eigenvalue weighted by Gasteiger charge is -2.40. The second-order valence-corrected chi connectivity index (χ2v) is 16.6. The zero-order valence-electron chi connectivity index (χ0n) is 32.4. The lowest BCUT2D eigenvalue weighted by atomic mass is 9.76. The first kappa shape index (κ1) is 42.9. The molecule has 2 aromatic rings. The van der Waals surface area contributed by atoms with Gasteiger partial charge in [-0.25, -0.2) is 19.6 Å². The number of hydrogen-bond acceptors (Lipinski definition) is 9. The van der Waals surface area contributed by atoms with Gasteiger partial charge < -0.3 is 29.2 Å². The standard InChI is InChI=1S/C39H54ClF3N4O7/c1-10-12-13-15-22-16-14-17-25(39(41,42)43)30(22)53-36(50)46-31(37(3,4)5)34(48)47-21-28(24(11-2)29(47)35(49)54-38(6,7)8)52-33-32(40)44-26-19-18-23(51-9)20-27(26)45-33/h10,18-20,22,24-25,28-31H,1,11-17,21H2,2-9H3,(H,46,50)/t22-,24-,25?,28+,29+,30?,31-/m1/s1. The van der Waals surface area contributed by atoms with Crippen molar-refractivity contribution in [1.82, 2.24) is 20.2 Å². The fourth-order valence-electron chi connectivity index (χ4n) is 7.43. The summed E-state index contributed by atoms with van der Waals surface area (Å²) >= 11 is 6.52. The number of ether oxygens (including phenoxy) is 4. The first-order chi connectivity index (χ1) is 25.2. The third-order valence-corrected chi connectivity index (χ3v) is 10.3. The summed E-state index contributed by atoms with van der Waals surface area (Å²) in [6.07, 6.45) is -3.53. The number of fused-ring (bicyclic) bond motifs is 1. The Kier molecular flexibility index (Phi) is 13.8. The second kappa shape index (κ2) is 17.3. The van der Waals surface area contributed by atoms with Crippen LogP contribution in [0.5, 0.6) is 11.6 Å². The molecule has 1 N–H and O–H groups in total. The molecule has 1 aliphatic heterocycles. The minimum absolute atomic E-state index is 0.0125. The number of carbonyl (C=O) groups is 3. The number of benzene rings is 1. The summed E-state index contributed by atoms with van der Waals surface area (Å²) in [5.41, 5.74) is -0.932. The van der Waals surface area contributed by atoms with Crippen molar-refractivity contribution < 1.29 is 46.5 Å². The smallest absolute Gasteiger partial charge is 0.408 e. The number of carbonyl (C=O) groups excluding carboxylic acids is 3. The molecule has 300 valence electrons. The highest BCUT2D eigenvalue weighted by Gasteiger charge is 2.54. The normalized spacial score (nSPS) is 24.1. The molecule has 11 nitrogen and oxygen atoms in total. The van der Waals surface area contributed by atoms with Crippen LogP contribution in [0.3, 0.4) is 0 Å². The number of methoxy groups -OCH3 is 1. The van der Waals surface area contributed by atoms with Gasteiger partial charge in [0.2, 0.25) is 5.91 Å². The number of alkyl halides is 3. The van der Waals surface area contributed by atoms with Crippen LogP contribution in [0, 0.1) is 23.2 Å². The average Bonchev–Trinajstić information content (AvgIpc) is 3.44. The van der Waals surface area contributed by atoms with Crippen LogP contribution in [0.2, 0.25) is 5.15 Å². The van der Waals surface area contributed by atoms with E-state index < -0.39 is 77.2 Å². The number of esters is 1. The Morgan fingerprint density at radius 2 is 1.80 bits per heavy atom. The number of rotatable bonds is 12. The second-order valence-electron chi connectivity index (χ2n) is 16.2. The first-order valence-electron chi connectivity index (χ1n) is 18.5. The third-order valence-electron chi connectivity index (χ3n) is 10.0. The molecule has 15 heteroatoms. The summed E-state index contributed by atoms with van der Waals surface area (Å²) in [6, 6.07) is 2.63. The lowest BCUT2D eigenvalue weighted by Crippen LogP contribution is -2.58. The van der Waals surface area contributed by atoms with Crippen molar-refractivity contribution in [2.45, 2.75) is 129 Å². The van der Waals surface area contributed by atoms with Crippen LogP contribution in [-0.4, -0.2) is 82.6 Å². The molecule has 2 heterocycles. The van der Waals surface area contributed by atoms with Crippen molar-refractivity contribution in [3.8, 4) is 11.6 Å². The van der Waals surface area contributed by atoms with E-state index in [0.717, 1.165) is 0 Å². The van der Waals surface area contributed by atoms with Gasteiger partial charge in [-0.2, -0.15) is 13.2 Å².